The quantitative estimate of drug-likeness (QED) is 0.682. The van der Waals surface area contributed by atoms with Crippen molar-refractivity contribution in [2.75, 3.05) is 7.11 Å². The van der Waals surface area contributed by atoms with Gasteiger partial charge in [0.2, 0.25) is 0 Å². The molecule has 20 heavy (non-hydrogen) atoms. The first-order chi connectivity index (χ1) is 9.56. The van der Waals surface area contributed by atoms with Crippen LogP contribution in [0.4, 0.5) is 0 Å². The number of pyridine rings is 1. The molecule has 0 atom stereocenters. The van der Waals surface area contributed by atoms with Crippen molar-refractivity contribution >= 4 is 10.8 Å². The molecule has 0 bridgehead atoms. The second-order valence-corrected chi connectivity index (χ2v) is 4.44. The van der Waals surface area contributed by atoms with E-state index < -0.39 is 0 Å². The minimum Gasteiger partial charge on any atom is -0.497 e. The van der Waals surface area contributed by atoms with Crippen LogP contribution in [0.15, 0.2) is 55.0 Å². The number of benzene rings is 1. The van der Waals surface area contributed by atoms with Crippen LogP contribution in [0.2, 0.25) is 0 Å². The zero-order valence-electron chi connectivity index (χ0n) is 11.3. The Morgan fingerprint density at radius 2 is 2.15 bits per heavy atom. The van der Waals surface area contributed by atoms with Crippen LogP contribution in [0, 0.1) is 16.7 Å². The highest BCUT2D eigenvalue weighted by molar-refractivity contribution is 5.82. The van der Waals surface area contributed by atoms with Gasteiger partial charge in [-0.1, -0.05) is 13.2 Å². The Bertz CT molecular complexity index is 793. The SMILES string of the molecule is C=C(Cn1ccc2cc(C#N)ccc2c1=N)C(=C)OC. The zero-order valence-corrected chi connectivity index (χ0v) is 11.3. The van der Waals surface area contributed by atoms with Crippen LogP contribution >= 0.6 is 0 Å². The summed E-state index contributed by atoms with van der Waals surface area (Å²) in [6.45, 7) is 8.09. The Morgan fingerprint density at radius 1 is 1.40 bits per heavy atom. The highest BCUT2D eigenvalue weighted by atomic mass is 16.5. The normalized spacial score (nSPS) is 10.0. The van der Waals surface area contributed by atoms with Gasteiger partial charge in [0.25, 0.3) is 0 Å². The molecule has 0 fully saturated rings. The molecule has 1 aromatic carbocycles. The lowest BCUT2D eigenvalue weighted by molar-refractivity contribution is 0.299. The monoisotopic (exact) mass is 265 g/mol. The van der Waals surface area contributed by atoms with Crippen molar-refractivity contribution in [2.45, 2.75) is 6.54 Å². The van der Waals surface area contributed by atoms with Gasteiger partial charge in [-0.3, -0.25) is 5.41 Å². The second-order valence-electron chi connectivity index (χ2n) is 4.44. The fourth-order valence-electron chi connectivity index (χ4n) is 1.96. The molecule has 0 saturated carbocycles. The van der Waals surface area contributed by atoms with Gasteiger partial charge in [-0.05, 0) is 29.7 Å². The van der Waals surface area contributed by atoms with E-state index >= 15 is 0 Å². The number of hydrogen-bond donors (Lipinski definition) is 1. The van der Waals surface area contributed by atoms with Crippen molar-refractivity contribution in [3.8, 4) is 6.07 Å². The molecule has 0 saturated heterocycles. The fourth-order valence-corrected chi connectivity index (χ4v) is 1.96. The fraction of sp³-hybridized carbons (Fsp3) is 0.125. The Kier molecular flexibility index (Phi) is 3.72. The maximum Gasteiger partial charge on any atom is 0.133 e. The van der Waals surface area contributed by atoms with Crippen molar-refractivity contribution in [1.82, 2.24) is 4.57 Å². The van der Waals surface area contributed by atoms with E-state index in [0.717, 1.165) is 16.3 Å². The Labute approximate surface area is 117 Å². The standard InChI is InChI=1S/C16H15N3O/c1-11(12(2)20-3)10-19-7-6-14-8-13(9-17)4-5-15(14)16(19)18/h4-8,18H,1-2,10H2,3H3. The number of methoxy groups -OCH3 is 1. The van der Waals surface area contributed by atoms with E-state index in [2.05, 4.69) is 19.2 Å². The van der Waals surface area contributed by atoms with Crippen LogP contribution in [0.3, 0.4) is 0 Å². The van der Waals surface area contributed by atoms with Crippen LogP contribution in [-0.4, -0.2) is 11.7 Å². The van der Waals surface area contributed by atoms with Crippen LogP contribution < -0.4 is 5.49 Å². The third-order valence-corrected chi connectivity index (χ3v) is 3.16. The zero-order chi connectivity index (χ0) is 14.7. The summed E-state index contributed by atoms with van der Waals surface area (Å²) in [5, 5.41) is 18.8. The molecule has 0 spiro atoms. The molecule has 1 aromatic heterocycles. The predicted molar refractivity (Wildman–Crippen MR) is 77.8 cm³/mol. The van der Waals surface area contributed by atoms with Gasteiger partial charge in [0.15, 0.2) is 0 Å². The Morgan fingerprint density at radius 3 is 2.80 bits per heavy atom. The molecule has 0 aliphatic heterocycles. The molecule has 0 radical (unpaired) electrons. The average Bonchev–Trinajstić information content (AvgIpc) is 2.48. The lowest BCUT2D eigenvalue weighted by Crippen LogP contribution is -2.21. The average molecular weight is 265 g/mol. The van der Waals surface area contributed by atoms with Gasteiger partial charge < -0.3 is 9.30 Å². The van der Waals surface area contributed by atoms with Gasteiger partial charge in [0.05, 0.1) is 25.3 Å². The number of nitrogens with zero attached hydrogens (tertiary/aromatic N) is 2. The van der Waals surface area contributed by atoms with E-state index in [0.29, 0.717) is 23.4 Å². The molecule has 2 aromatic rings. The van der Waals surface area contributed by atoms with E-state index in [1.165, 1.54) is 0 Å². The summed E-state index contributed by atoms with van der Waals surface area (Å²) < 4.78 is 6.80. The number of fused-ring (bicyclic) bond motifs is 1. The van der Waals surface area contributed by atoms with Crippen molar-refractivity contribution in [2.24, 2.45) is 0 Å². The molecule has 100 valence electrons. The maximum absolute atomic E-state index is 8.89. The van der Waals surface area contributed by atoms with Crippen molar-refractivity contribution in [1.29, 1.82) is 10.7 Å². The number of ether oxygens (including phenoxy) is 1. The number of nitrogens with one attached hydrogen (secondary N) is 1. The molecule has 2 rings (SSSR count). The summed E-state index contributed by atoms with van der Waals surface area (Å²) >= 11 is 0. The number of allylic oxidation sites excluding steroid dienone is 1. The third-order valence-electron chi connectivity index (χ3n) is 3.16. The highest BCUT2D eigenvalue weighted by Crippen LogP contribution is 2.13. The Hall–Kier alpha value is -2.80. The first-order valence-corrected chi connectivity index (χ1v) is 6.05. The number of hydrogen-bond acceptors (Lipinski definition) is 3. The first-order valence-electron chi connectivity index (χ1n) is 6.05. The van der Waals surface area contributed by atoms with Gasteiger partial charge in [0.1, 0.15) is 11.2 Å². The van der Waals surface area contributed by atoms with E-state index in [1.807, 2.05) is 6.07 Å². The molecule has 0 aliphatic rings. The Balaban J connectivity index is 2.45. The van der Waals surface area contributed by atoms with Crippen LogP contribution in [-0.2, 0) is 11.3 Å². The molecule has 4 nitrogen and oxygen atoms in total. The molecular formula is C16H15N3O. The highest BCUT2D eigenvalue weighted by Gasteiger charge is 2.05. The number of rotatable bonds is 4. The van der Waals surface area contributed by atoms with Gasteiger partial charge in [0, 0.05) is 17.2 Å². The molecule has 0 amide bonds. The van der Waals surface area contributed by atoms with Gasteiger partial charge >= 0.3 is 0 Å². The van der Waals surface area contributed by atoms with Gasteiger partial charge in [-0.25, -0.2) is 0 Å². The van der Waals surface area contributed by atoms with Crippen LogP contribution in [0.1, 0.15) is 5.56 Å². The number of nitriles is 1. The summed E-state index contributed by atoms with van der Waals surface area (Å²) in [7, 11) is 1.55. The third kappa shape index (κ3) is 2.47. The molecule has 0 unspecified atom stereocenters. The summed E-state index contributed by atoms with van der Waals surface area (Å²) in [6.07, 6.45) is 1.81. The van der Waals surface area contributed by atoms with Crippen molar-refractivity contribution < 1.29 is 4.74 Å². The predicted octanol–water partition coefficient (Wildman–Crippen LogP) is 2.71. The molecule has 1 heterocycles. The molecule has 4 heteroatoms. The largest absolute Gasteiger partial charge is 0.497 e. The second kappa shape index (κ2) is 5.45. The van der Waals surface area contributed by atoms with E-state index in [9.17, 15) is 0 Å². The van der Waals surface area contributed by atoms with E-state index in [-0.39, 0.29) is 0 Å². The van der Waals surface area contributed by atoms with Gasteiger partial charge in [-0.2, -0.15) is 5.26 Å². The smallest absolute Gasteiger partial charge is 0.133 e. The van der Waals surface area contributed by atoms with Crippen molar-refractivity contribution in [3.63, 3.8) is 0 Å². The number of aromatic nitrogens is 1. The topological polar surface area (TPSA) is 61.8 Å². The van der Waals surface area contributed by atoms with E-state index in [1.54, 1.807) is 36.1 Å². The summed E-state index contributed by atoms with van der Waals surface area (Å²) in [4.78, 5) is 0. The summed E-state index contributed by atoms with van der Waals surface area (Å²) in [5.41, 5.74) is 1.68. The molecule has 1 N–H and O–H groups in total. The first kappa shape index (κ1) is 13.6. The summed E-state index contributed by atoms with van der Waals surface area (Å²) in [5.74, 6) is 0.511. The van der Waals surface area contributed by atoms with Crippen molar-refractivity contribution in [3.05, 3.63) is 66.0 Å². The lowest BCUT2D eigenvalue weighted by Gasteiger charge is -2.12. The lowest BCUT2D eigenvalue weighted by atomic mass is 10.1. The van der Waals surface area contributed by atoms with E-state index in [4.69, 9.17) is 15.4 Å². The minimum atomic E-state index is 0.372. The minimum absolute atomic E-state index is 0.372. The summed E-state index contributed by atoms with van der Waals surface area (Å²) in [6, 6.07) is 9.27. The molecular weight excluding hydrogens is 250 g/mol. The molecule has 0 aliphatic carbocycles. The van der Waals surface area contributed by atoms with Gasteiger partial charge in [-0.15, -0.1) is 0 Å². The maximum atomic E-state index is 8.89. The van der Waals surface area contributed by atoms with Crippen LogP contribution in [0.25, 0.3) is 10.8 Å². The van der Waals surface area contributed by atoms with Crippen LogP contribution in [0.5, 0.6) is 0 Å².